The second kappa shape index (κ2) is 5.07. The fourth-order valence-electron chi connectivity index (χ4n) is 2.00. The van der Waals surface area contributed by atoms with Gasteiger partial charge < -0.3 is 21.1 Å². The van der Waals surface area contributed by atoms with Crippen molar-refractivity contribution in [2.24, 2.45) is 0 Å². The summed E-state index contributed by atoms with van der Waals surface area (Å²) in [6.45, 7) is 2.17. The number of methoxy groups -OCH3 is 1. The van der Waals surface area contributed by atoms with Crippen molar-refractivity contribution in [3.05, 3.63) is 18.2 Å². The second-order valence-corrected chi connectivity index (χ2v) is 4.13. The molecule has 0 aromatic heterocycles. The fourth-order valence-corrected chi connectivity index (χ4v) is 2.00. The van der Waals surface area contributed by atoms with Crippen LogP contribution in [0.2, 0.25) is 0 Å². The van der Waals surface area contributed by atoms with E-state index in [9.17, 15) is 0 Å². The number of ether oxygens (including phenoxy) is 1. The molecule has 1 aromatic rings. The molecule has 4 heteroatoms. The lowest BCUT2D eigenvalue weighted by atomic mass is 10.1. The SMILES string of the molecule is COc1cc(NC2CCNCC2)ccc1N. The third-order valence-corrected chi connectivity index (χ3v) is 2.94. The normalized spacial score (nSPS) is 17.1. The Labute approximate surface area is 96.2 Å². The molecule has 0 atom stereocenters. The maximum atomic E-state index is 5.77. The van der Waals surface area contributed by atoms with E-state index < -0.39 is 0 Å². The smallest absolute Gasteiger partial charge is 0.143 e. The van der Waals surface area contributed by atoms with Crippen LogP contribution < -0.4 is 21.1 Å². The number of anilines is 2. The van der Waals surface area contributed by atoms with Gasteiger partial charge in [-0.05, 0) is 38.1 Å². The molecular formula is C12H19N3O. The minimum Gasteiger partial charge on any atom is -0.495 e. The molecule has 1 aliphatic heterocycles. The van der Waals surface area contributed by atoms with Gasteiger partial charge in [0.15, 0.2) is 0 Å². The van der Waals surface area contributed by atoms with Gasteiger partial charge in [-0.25, -0.2) is 0 Å². The number of nitrogens with one attached hydrogen (secondary N) is 2. The summed E-state index contributed by atoms with van der Waals surface area (Å²) in [5.41, 5.74) is 7.53. The summed E-state index contributed by atoms with van der Waals surface area (Å²) in [6.07, 6.45) is 2.32. The zero-order valence-electron chi connectivity index (χ0n) is 9.62. The van der Waals surface area contributed by atoms with Crippen LogP contribution in [0.1, 0.15) is 12.8 Å². The van der Waals surface area contributed by atoms with Crippen LogP contribution in [-0.4, -0.2) is 26.2 Å². The van der Waals surface area contributed by atoms with E-state index in [-0.39, 0.29) is 0 Å². The number of benzene rings is 1. The molecule has 0 aliphatic carbocycles. The Morgan fingerprint density at radius 1 is 1.38 bits per heavy atom. The van der Waals surface area contributed by atoms with Gasteiger partial charge in [-0.3, -0.25) is 0 Å². The number of nitrogen functional groups attached to an aromatic ring is 1. The van der Waals surface area contributed by atoms with Crippen molar-refractivity contribution in [3.8, 4) is 5.75 Å². The Morgan fingerprint density at radius 2 is 2.12 bits per heavy atom. The van der Waals surface area contributed by atoms with Gasteiger partial charge >= 0.3 is 0 Å². The Morgan fingerprint density at radius 3 is 2.81 bits per heavy atom. The maximum Gasteiger partial charge on any atom is 0.143 e. The van der Waals surface area contributed by atoms with Gasteiger partial charge in [0.1, 0.15) is 5.75 Å². The number of hydrogen-bond donors (Lipinski definition) is 3. The summed E-state index contributed by atoms with van der Waals surface area (Å²) in [5.74, 6) is 0.735. The van der Waals surface area contributed by atoms with Crippen LogP contribution in [0, 0.1) is 0 Å². The van der Waals surface area contributed by atoms with Crippen LogP contribution in [0.5, 0.6) is 5.75 Å². The molecular weight excluding hydrogens is 202 g/mol. The molecule has 0 spiro atoms. The van der Waals surface area contributed by atoms with E-state index in [0.29, 0.717) is 11.7 Å². The van der Waals surface area contributed by atoms with Crippen molar-refractivity contribution in [1.82, 2.24) is 5.32 Å². The van der Waals surface area contributed by atoms with Crippen molar-refractivity contribution >= 4 is 11.4 Å². The molecule has 0 saturated carbocycles. The van der Waals surface area contributed by atoms with Crippen LogP contribution in [-0.2, 0) is 0 Å². The lowest BCUT2D eigenvalue weighted by Crippen LogP contribution is -2.35. The highest BCUT2D eigenvalue weighted by molar-refractivity contribution is 5.61. The number of nitrogens with two attached hydrogens (primary N) is 1. The van der Waals surface area contributed by atoms with Crippen LogP contribution in [0.3, 0.4) is 0 Å². The van der Waals surface area contributed by atoms with Gasteiger partial charge in [-0.2, -0.15) is 0 Å². The van der Waals surface area contributed by atoms with Crippen molar-refractivity contribution in [2.75, 3.05) is 31.2 Å². The summed E-state index contributed by atoms with van der Waals surface area (Å²) < 4.78 is 5.20. The summed E-state index contributed by atoms with van der Waals surface area (Å²) in [4.78, 5) is 0. The first-order chi connectivity index (χ1) is 7.79. The van der Waals surface area contributed by atoms with Crippen LogP contribution >= 0.6 is 0 Å². The Hall–Kier alpha value is -1.42. The molecule has 1 heterocycles. The second-order valence-electron chi connectivity index (χ2n) is 4.13. The standard InChI is InChI=1S/C12H19N3O/c1-16-12-8-10(2-3-11(12)13)15-9-4-6-14-7-5-9/h2-3,8-9,14-15H,4-7,13H2,1H3. The van der Waals surface area contributed by atoms with E-state index in [0.717, 1.165) is 37.4 Å². The zero-order chi connectivity index (χ0) is 11.4. The van der Waals surface area contributed by atoms with Crippen molar-refractivity contribution in [1.29, 1.82) is 0 Å². The molecule has 4 N–H and O–H groups in total. The van der Waals surface area contributed by atoms with E-state index in [1.807, 2.05) is 18.2 Å². The van der Waals surface area contributed by atoms with E-state index >= 15 is 0 Å². The first kappa shape index (κ1) is 11.1. The van der Waals surface area contributed by atoms with Crippen LogP contribution in [0.15, 0.2) is 18.2 Å². The Kier molecular flexibility index (Phi) is 3.51. The molecule has 2 rings (SSSR count). The average molecular weight is 221 g/mol. The third-order valence-electron chi connectivity index (χ3n) is 2.94. The van der Waals surface area contributed by atoms with Crippen molar-refractivity contribution in [3.63, 3.8) is 0 Å². The average Bonchev–Trinajstić information content (AvgIpc) is 2.33. The number of hydrogen-bond acceptors (Lipinski definition) is 4. The molecule has 1 fully saturated rings. The molecule has 1 aliphatic rings. The highest BCUT2D eigenvalue weighted by Gasteiger charge is 2.12. The maximum absolute atomic E-state index is 5.77. The van der Waals surface area contributed by atoms with Gasteiger partial charge in [0.2, 0.25) is 0 Å². The summed E-state index contributed by atoms with van der Waals surface area (Å²) >= 11 is 0. The number of piperidine rings is 1. The van der Waals surface area contributed by atoms with Crippen molar-refractivity contribution < 1.29 is 4.74 Å². The Bertz CT molecular complexity index is 348. The third kappa shape index (κ3) is 2.58. The summed E-state index contributed by atoms with van der Waals surface area (Å²) in [5, 5.41) is 6.85. The minimum absolute atomic E-state index is 0.551. The predicted molar refractivity (Wildman–Crippen MR) is 66.9 cm³/mol. The van der Waals surface area contributed by atoms with E-state index in [1.165, 1.54) is 0 Å². The van der Waals surface area contributed by atoms with Gasteiger partial charge in [-0.1, -0.05) is 0 Å². The highest BCUT2D eigenvalue weighted by atomic mass is 16.5. The summed E-state index contributed by atoms with van der Waals surface area (Å²) in [6, 6.07) is 6.38. The lowest BCUT2D eigenvalue weighted by Gasteiger charge is -2.25. The van der Waals surface area contributed by atoms with E-state index in [4.69, 9.17) is 10.5 Å². The molecule has 0 radical (unpaired) electrons. The monoisotopic (exact) mass is 221 g/mol. The van der Waals surface area contributed by atoms with Gasteiger partial charge in [0.25, 0.3) is 0 Å². The predicted octanol–water partition coefficient (Wildman–Crippen LogP) is 1.44. The molecule has 0 bridgehead atoms. The highest BCUT2D eigenvalue weighted by Crippen LogP contribution is 2.26. The first-order valence-corrected chi connectivity index (χ1v) is 5.70. The fraction of sp³-hybridized carbons (Fsp3) is 0.500. The molecule has 88 valence electrons. The van der Waals surface area contributed by atoms with Gasteiger partial charge in [-0.15, -0.1) is 0 Å². The molecule has 16 heavy (non-hydrogen) atoms. The minimum atomic E-state index is 0.551. The Balaban J connectivity index is 2.03. The largest absolute Gasteiger partial charge is 0.495 e. The van der Waals surface area contributed by atoms with Crippen LogP contribution in [0.4, 0.5) is 11.4 Å². The number of rotatable bonds is 3. The lowest BCUT2D eigenvalue weighted by molar-refractivity contribution is 0.417. The van der Waals surface area contributed by atoms with Crippen LogP contribution in [0.25, 0.3) is 0 Å². The summed E-state index contributed by atoms with van der Waals surface area (Å²) in [7, 11) is 1.64. The quantitative estimate of drug-likeness (QED) is 0.676. The first-order valence-electron chi connectivity index (χ1n) is 5.70. The van der Waals surface area contributed by atoms with E-state index in [1.54, 1.807) is 7.11 Å². The van der Waals surface area contributed by atoms with Gasteiger partial charge in [0, 0.05) is 17.8 Å². The molecule has 0 unspecified atom stereocenters. The topological polar surface area (TPSA) is 59.3 Å². The zero-order valence-corrected chi connectivity index (χ0v) is 9.62. The molecule has 1 aromatic carbocycles. The molecule has 4 nitrogen and oxygen atoms in total. The van der Waals surface area contributed by atoms with E-state index in [2.05, 4.69) is 10.6 Å². The van der Waals surface area contributed by atoms with Crippen molar-refractivity contribution in [2.45, 2.75) is 18.9 Å². The molecule has 1 saturated heterocycles. The molecule has 0 amide bonds. The van der Waals surface area contributed by atoms with Gasteiger partial charge in [0.05, 0.1) is 12.8 Å².